The van der Waals surface area contributed by atoms with Gasteiger partial charge in [0.25, 0.3) is 0 Å². The second kappa shape index (κ2) is 5.63. The van der Waals surface area contributed by atoms with E-state index >= 15 is 0 Å². The molecule has 2 rings (SSSR count). The summed E-state index contributed by atoms with van der Waals surface area (Å²) >= 11 is 5.86. The van der Waals surface area contributed by atoms with Crippen LogP contribution in [0.15, 0.2) is 33.7 Å². The van der Waals surface area contributed by atoms with Crippen LogP contribution in [-0.4, -0.2) is 13.6 Å². The first-order valence-corrected chi connectivity index (χ1v) is 7.40. The quantitative estimate of drug-likeness (QED) is 0.931. The predicted molar refractivity (Wildman–Crippen MR) is 71.4 cm³/mol. The van der Waals surface area contributed by atoms with E-state index in [9.17, 15) is 8.42 Å². The molecule has 2 aromatic rings. The summed E-state index contributed by atoms with van der Waals surface area (Å²) in [5, 5.41) is 12.5. The minimum absolute atomic E-state index is 0.0454. The van der Waals surface area contributed by atoms with Gasteiger partial charge in [-0.3, -0.25) is 0 Å². The maximum atomic E-state index is 12.1. The van der Waals surface area contributed by atoms with Gasteiger partial charge < -0.3 is 4.52 Å². The van der Waals surface area contributed by atoms with Crippen molar-refractivity contribution in [2.75, 3.05) is 0 Å². The van der Waals surface area contributed by atoms with E-state index in [1.165, 1.54) is 18.2 Å². The molecule has 0 amide bonds. The van der Waals surface area contributed by atoms with Crippen molar-refractivity contribution in [3.05, 3.63) is 46.3 Å². The van der Waals surface area contributed by atoms with Crippen molar-refractivity contribution in [2.45, 2.75) is 18.4 Å². The highest BCUT2D eigenvalue weighted by Crippen LogP contribution is 2.22. The van der Waals surface area contributed by atoms with Gasteiger partial charge in [-0.2, -0.15) is 5.26 Å². The van der Waals surface area contributed by atoms with Gasteiger partial charge in [0.2, 0.25) is 10.0 Å². The largest absolute Gasteiger partial charge is 0.360 e. The lowest BCUT2D eigenvalue weighted by atomic mass is 10.2. The monoisotopic (exact) mass is 311 g/mol. The molecule has 20 heavy (non-hydrogen) atoms. The molecule has 104 valence electrons. The Morgan fingerprint density at radius 1 is 1.45 bits per heavy atom. The second-order valence-electron chi connectivity index (χ2n) is 4.02. The van der Waals surface area contributed by atoms with Crippen molar-refractivity contribution in [3.63, 3.8) is 0 Å². The Morgan fingerprint density at radius 3 is 2.80 bits per heavy atom. The minimum Gasteiger partial charge on any atom is -0.360 e. The number of sulfonamides is 1. The summed E-state index contributed by atoms with van der Waals surface area (Å²) in [6.45, 7) is 1.69. The Labute approximate surface area is 121 Å². The molecule has 0 atom stereocenters. The molecule has 8 heteroatoms. The molecule has 0 bridgehead atoms. The Morgan fingerprint density at radius 2 is 2.20 bits per heavy atom. The summed E-state index contributed by atoms with van der Waals surface area (Å²) in [6.07, 6.45) is 0. The fourth-order valence-electron chi connectivity index (χ4n) is 1.52. The Kier molecular flexibility index (Phi) is 4.09. The fraction of sp³-hybridized carbons (Fsp3) is 0.167. The first kappa shape index (κ1) is 14.5. The van der Waals surface area contributed by atoms with E-state index in [1.54, 1.807) is 13.0 Å². The maximum Gasteiger partial charge on any atom is 0.242 e. The number of nitrogens with one attached hydrogen (secondary N) is 1. The van der Waals surface area contributed by atoms with Crippen LogP contribution in [0, 0.1) is 18.3 Å². The van der Waals surface area contributed by atoms with Gasteiger partial charge in [0.05, 0.1) is 28.9 Å². The predicted octanol–water partition coefficient (Wildman–Crippen LogP) is 1.99. The van der Waals surface area contributed by atoms with E-state index < -0.39 is 10.0 Å². The lowest BCUT2D eigenvalue weighted by Gasteiger charge is -2.07. The van der Waals surface area contributed by atoms with E-state index in [2.05, 4.69) is 9.88 Å². The molecule has 0 fully saturated rings. The van der Waals surface area contributed by atoms with Crippen LogP contribution in [0.5, 0.6) is 0 Å². The molecule has 0 aliphatic carbocycles. The standard InChI is InChI=1S/C12H10ClN3O3S/c1-8-4-10(19-16-8)7-15-20(17,18)12-5-9(6-14)2-3-11(12)13/h2-5,15H,7H2,1H3. The van der Waals surface area contributed by atoms with Crippen LogP contribution >= 0.6 is 11.6 Å². The summed E-state index contributed by atoms with van der Waals surface area (Å²) in [5.74, 6) is 0.388. The number of benzene rings is 1. The smallest absolute Gasteiger partial charge is 0.242 e. The van der Waals surface area contributed by atoms with Gasteiger partial charge in [0.1, 0.15) is 4.90 Å². The van der Waals surface area contributed by atoms with E-state index in [-0.39, 0.29) is 22.0 Å². The Hall–Kier alpha value is -1.88. The summed E-state index contributed by atoms with van der Waals surface area (Å²) in [4.78, 5) is -0.144. The number of rotatable bonds is 4. The van der Waals surface area contributed by atoms with Crippen LogP contribution in [0.2, 0.25) is 5.02 Å². The molecule has 0 saturated carbocycles. The van der Waals surface area contributed by atoms with Gasteiger partial charge >= 0.3 is 0 Å². The summed E-state index contributed by atoms with van der Waals surface area (Å²) in [7, 11) is -3.83. The highest BCUT2D eigenvalue weighted by Gasteiger charge is 2.19. The maximum absolute atomic E-state index is 12.1. The van der Waals surface area contributed by atoms with E-state index in [4.69, 9.17) is 21.4 Å². The normalized spacial score (nSPS) is 11.2. The number of aryl methyl sites for hydroxylation is 1. The summed E-state index contributed by atoms with van der Waals surface area (Å²) < 4.78 is 31.5. The van der Waals surface area contributed by atoms with Crippen molar-refractivity contribution in [1.29, 1.82) is 5.26 Å². The Bertz CT molecular complexity index is 777. The zero-order chi connectivity index (χ0) is 14.8. The summed E-state index contributed by atoms with van der Waals surface area (Å²) in [6, 6.07) is 7.52. The van der Waals surface area contributed by atoms with Gasteiger partial charge in [-0.15, -0.1) is 0 Å². The molecule has 0 aliphatic rings. The molecular formula is C12H10ClN3O3S. The van der Waals surface area contributed by atoms with Crippen LogP contribution in [0.3, 0.4) is 0 Å². The van der Waals surface area contributed by atoms with E-state index in [0.29, 0.717) is 11.5 Å². The third kappa shape index (κ3) is 3.17. The van der Waals surface area contributed by atoms with E-state index in [0.717, 1.165) is 0 Å². The van der Waals surface area contributed by atoms with Crippen LogP contribution in [0.1, 0.15) is 17.0 Å². The van der Waals surface area contributed by atoms with Crippen LogP contribution in [0.25, 0.3) is 0 Å². The van der Waals surface area contributed by atoms with Crippen LogP contribution < -0.4 is 4.72 Å². The summed E-state index contributed by atoms with van der Waals surface area (Å²) in [5.41, 5.74) is 0.869. The van der Waals surface area contributed by atoms with Gasteiger partial charge in [0, 0.05) is 6.07 Å². The molecule has 1 N–H and O–H groups in total. The van der Waals surface area contributed by atoms with Crippen LogP contribution in [0.4, 0.5) is 0 Å². The molecule has 0 spiro atoms. The zero-order valence-corrected chi connectivity index (χ0v) is 12.0. The van der Waals surface area contributed by atoms with Crippen molar-refractivity contribution in [1.82, 2.24) is 9.88 Å². The third-order valence-corrected chi connectivity index (χ3v) is 4.35. The van der Waals surface area contributed by atoms with Gasteiger partial charge in [-0.25, -0.2) is 13.1 Å². The van der Waals surface area contributed by atoms with Crippen LogP contribution in [-0.2, 0) is 16.6 Å². The number of nitrogens with zero attached hydrogens (tertiary/aromatic N) is 2. The molecule has 1 aromatic carbocycles. The molecular weight excluding hydrogens is 302 g/mol. The zero-order valence-electron chi connectivity index (χ0n) is 10.4. The number of hydrogen-bond donors (Lipinski definition) is 1. The third-order valence-electron chi connectivity index (χ3n) is 2.46. The Balaban J connectivity index is 2.24. The highest BCUT2D eigenvalue weighted by atomic mass is 35.5. The molecule has 0 aliphatic heterocycles. The molecule has 6 nitrogen and oxygen atoms in total. The molecule has 1 heterocycles. The van der Waals surface area contributed by atoms with E-state index in [1.807, 2.05) is 6.07 Å². The SMILES string of the molecule is Cc1cc(CNS(=O)(=O)c2cc(C#N)ccc2Cl)on1. The molecule has 1 aromatic heterocycles. The number of hydrogen-bond acceptors (Lipinski definition) is 5. The van der Waals surface area contributed by atoms with Crippen molar-refractivity contribution >= 4 is 21.6 Å². The number of halogens is 1. The average Bonchev–Trinajstić information content (AvgIpc) is 2.83. The first-order valence-electron chi connectivity index (χ1n) is 5.54. The average molecular weight is 312 g/mol. The van der Waals surface area contributed by atoms with Crippen molar-refractivity contribution in [3.8, 4) is 6.07 Å². The second-order valence-corrected chi connectivity index (χ2v) is 6.16. The topological polar surface area (TPSA) is 96.0 Å². The van der Waals surface area contributed by atoms with Gasteiger partial charge in [0.15, 0.2) is 5.76 Å². The molecule has 0 unspecified atom stereocenters. The fourth-order valence-corrected chi connectivity index (χ4v) is 3.04. The van der Waals surface area contributed by atoms with Gasteiger partial charge in [-0.1, -0.05) is 16.8 Å². The lowest BCUT2D eigenvalue weighted by molar-refractivity contribution is 0.377. The number of aromatic nitrogens is 1. The number of nitriles is 1. The van der Waals surface area contributed by atoms with Crippen molar-refractivity contribution in [2.24, 2.45) is 0 Å². The lowest BCUT2D eigenvalue weighted by Crippen LogP contribution is -2.23. The molecule has 0 saturated heterocycles. The first-order chi connectivity index (χ1) is 9.42. The highest BCUT2D eigenvalue weighted by molar-refractivity contribution is 7.89. The molecule has 0 radical (unpaired) electrons. The van der Waals surface area contributed by atoms with Crippen molar-refractivity contribution < 1.29 is 12.9 Å². The van der Waals surface area contributed by atoms with Gasteiger partial charge in [-0.05, 0) is 25.1 Å². The minimum atomic E-state index is -3.83.